The summed E-state index contributed by atoms with van der Waals surface area (Å²) >= 11 is 1.61. The first-order chi connectivity index (χ1) is 10.3. The first-order valence-corrected chi connectivity index (χ1v) is 8.68. The molecule has 21 heavy (non-hydrogen) atoms. The van der Waals surface area contributed by atoms with E-state index in [1.54, 1.807) is 11.8 Å². The average molecular weight is 308 g/mol. The van der Waals surface area contributed by atoms with E-state index in [-0.39, 0.29) is 0 Å². The van der Waals surface area contributed by atoms with Crippen molar-refractivity contribution < 1.29 is 4.21 Å². The van der Waals surface area contributed by atoms with Gasteiger partial charge < -0.3 is 0 Å². The van der Waals surface area contributed by atoms with Crippen LogP contribution < -0.4 is 0 Å². The van der Waals surface area contributed by atoms with Gasteiger partial charge in [0.2, 0.25) is 0 Å². The van der Waals surface area contributed by atoms with Crippen LogP contribution in [0.5, 0.6) is 0 Å². The molecule has 3 heteroatoms. The fraction of sp³-hybridized carbons (Fsp3) is 0. The first kappa shape index (κ1) is 12.9. The van der Waals surface area contributed by atoms with E-state index in [1.807, 2.05) is 48.5 Å². The van der Waals surface area contributed by atoms with Crippen LogP contribution in [0, 0.1) is 0 Å². The number of rotatable bonds is 1. The zero-order valence-electron chi connectivity index (χ0n) is 11.2. The van der Waals surface area contributed by atoms with Gasteiger partial charge in [-0.1, -0.05) is 66.4 Å². The second kappa shape index (κ2) is 5.17. The number of hydrogen-bond acceptors (Lipinski definition) is 2. The fourth-order valence-corrected chi connectivity index (χ4v) is 5.41. The van der Waals surface area contributed by atoms with E-state index >= 15 is 0 Å². The Bertz CT molecular complexity index is 877. The fourth-order valence-electron chi connectivity index (χ4n) is 2.54. The van der Waals surface area contributed by atoms with Crippen molar-refractivity contribution in [3.05, 3.63) is 76.5 Å². The zero-order chi connectivity index (χ0) is 14.2. The van der Waals surface area contributed by atoms with Crippen LogP contribution in [0.3, 0.4) is 0 Å². The van der Waals surface area contributed by atoms with E-state index < -0.39 is 10.8 Å². The molecule has 102 valence electrons. The molecule has 0 amide bonds. The standard InChI is InChI=1S/C18H12OS2/c19-21-16-11-5-9-14-8-4-10-15(18(14)16)20-17(21)12-13-6-2-1-3-7-13/h1-12H/b17-12+. The largest absolute Gasteiger partial charge is 0.248 e. The van der Waals surface area contributed by atoms with Crippen molar-refractivity contribution in [3.63, 3.8) is 0 Å². The molecule has 0 saturated carbocycles. The molecule has 1 heterocycles. The molecular formula is C18H12OS2. The highest BCUT2D eigenvalue weighted by Crippen LogP contribution is 2.44. The zero-order valence-corrected chi connectivity index (χ0v) is 12.8. The van der Waals surface area contributed by atoms with Crippen molar-refractivity contribution in [1.29, 1.82) is 0 Å². The highest BCUT2D eigenvalue weighted by atomic mass is 32.2. The lowest BCUT2D eigenvalue weighted by Gasteiger charge is -2.18. The third kappa shape index (κ3) is 2.23. The highest BCUT2D eigenvalue weighted by Gasteiger charge is 2.22. The SMILES string of the molecule is O=S1/C(=C/c2ccccc2)Sc2cccc3cccc1c23. The summed E-state index contributed by atoms with van der Waals surface area (Å²) in [5.41, 5.74) is 1.08. The molecule has 0 fully saturated rings. The Morgan fingerprint density at radius 1 is 0.857 bits per heavy atom. The van der Waals surface area contributed by atoms with E-state index in [9.17, 15) is 4.21 Å². The molecule has 4 rings (SSSR count). The van der Waals surface area contributed by atoms with Crippen LogP contribution in [0.2, 0.25) is 0 Å². The molecule has 1 nitrogen and oxygen atoms in total. The Morgan fingerprint density at radius 3 is 2.43 bits per heavy atom. The maximum atomic E-state index is 12.8. The predicted molar refractivity (Wildman–Crippen MR) is 90.6 cm³/mol. The molecule has 0 spiro atoms. The van der Waals surface area contributed by atoms with Gasteiger partial charge in [0.15, 0.2) is 0 Å². The van der Waals surface area contributed by atoms with E-state index in [0.717, 1.165) is 25.5 Å². The van der Waals surface area contributed by atoms with E-state index in [0.29, 0.717) is 0 Å². The van der Waals surface area contributed by atoms with Crippen molar-refractivity contribution in [2.45, 2.75) is 9.79 Å². The van der Waals surface area contributed by atoms with Gasteiger partial charge in [0, 0.05) is 10.3 Å². The van der Waals surface area contributed by atoms with Gasteiger partial charge in [0.05, 0.1) is 19.9 Å². The van der Waals surface area contributed by atoms with Crippen molar-refractivity contribution in [3.8, 4) is 0 Å². The van der Waals surface area contributed by atoms with Crippen LogP contribution in [0.15, 0.2) is 80.8 Å². The molecule has 0 bridgehead atoms. The number of thioether (sulfide) groups is 1. The summed E-state index contributed by atoms with van der Waals surface area (Å²) in [5, 5.41) is 2.29. The molecule has 0 aromatic heterocycles. The molecule has 0 aliphatic carbocycles. The van der Waals surface area contributed by atoms with E-state index in [4.69, 9.17) is 0 Å². The molecule has 0 radical (unpaired) electrons. The lowest BCUT2D eigenvalue weighted by Crippen LogP contribution is -2.00. The topological polar surface area (TPSA) is 17.1 Å². The molecule has 1 aliphatic heterocycles. The normalized spacial score (nSPS) is 19.0. The molecule has 3 aromatic carbocycles. The quantitative estimate of drug-likeness (QED) is 0.625. The van der Waals surface area contributed by atoms with Crippen LogP contribution in [0.1, 0.15) is 5.56 Å². The van der Waals surface area contributed by atoms with Crippen LogP contribution in [0.25, 0.3) is 16.8 Å². The van der Waals surface area contributed by atoms with E-state index in [2.05, 4.69) is 24.3 Å². The Kier molecular flexibility index (Phi) is 3.17. The predicted octanol–water partition coefficient (Wildman–Crippen LogP) is 5.05. The summed E-state index contributed by atoms with van der Waals surface area (Å²) in [5.74, 6) is 0. The van der Waals surface area contributed by atoms with Crippen molar-refractivity contribution >= 4 is 39.4 Å². The molecular weight excluding hydrogens is 296 g/mol. The van der Waals surface area contributed by atoms with Gasteiger partial charge in [-0.3, -0.25) is 0 Å². The molecule has 0 saturated heterocycles. The van der Waals surface area contributed by atoms with Gasteiger partial charge in [0.25, 0.3) is 0 Å². The molecule has 1 aliphatic rings. The monoisotopic (exact) mass is 308 g/mol. The van der Waals surface area contributed by atoms with Crippen LogP contribution in [-0.2, 0) is 10.8 Å². The van der Waals surface area contributed by atoms with Gasteiger partial charge in [-0.2, -0.15) is 0 Å². The van der Waals surface area contributed by atoms with Crippen LogP contribution in [-0.4, -0.2) is 4.21 Å². The van der Waals surface area contributed by atoms with Gasteiger partial charge in [-0.15, -0.1) is 0 Å². The highest BCUT2D eigenvalue weighted by molar-refractivity contribution is 8.17. The molecule has 3 aromatic rings. The smallest absolute Gasteiger partial charge is 0.0924 e. The lowest BCUT2D eigenvalue weighted by molar-refractivity contribution is 0.688. The van der Waals surface area contributed by atoms with Crippen molar-refractivity contribution in [2.24, 2.45) is 0 Å². The summed E-state index contributed by atoms with van der Waals surface area (Å²) in [7, 11) is -1.10. The Balaban J connectivity index is 1.90. The first-order valence-electron chi connectivity index (χ1n) is 6.71. The van der Waals surface area contributed by atoms with Gasteiger partial charge in [-0.25, -0.2) is 4.21 Å². The molecule has 1 atom stereocenters. The van der Waals surface area contributed by atoms with Gasteiger partial charge in [-0.05, 0) is 29.2 Å². The molecule has 0 N–H and O–H groups in total. The third-order valence-corrected chi connectivity index (χ3v) is 6.31. The maximum Gasteiger partial charge on any atom is 0.0924 e. The summed E-state index contributed by atoms with van der Waals surface area (Å²) in [6.07, 6.45) is 2.02. The summed E-state index contributed by atoms with van der Waals surface area (Å²) in [4.78, 5) is 2.11. The summed E-state index contributed by atoms with van der Waals surface area (Å²) in [6.45, 7) is 0. The number of benzene rings is 3. The Hall–Kier alpha value is -1.84. The third-order valence-electron chi connectivity index (χ3n) is 3.51. The average Bonchev–Trinajstić information content (AvgIpc) is 2.53. The minimum atomic E-state index is -1.10. The van der Waals surface area contributed by atoms with Crippen LogP contribution in [0.4, 0.5) is 0 Å². The maximum absolute atomic E-state index is 12.8. The number of hydrogen-bond donors (Lipinski definition) is 0. The van der Waals surface area contributed by atoms with Crippen molar-refractivity contribution in [1.82, 2.24) is 0 Å². The summed E-state index contributed by atoms with van der Waals surface area (Å²) in [6, 6.07) is 22.3. The van der Waals surface area contributed by atoms with Crippen LogP contribution >= 0.6 is 11.8 Å². The second-order valence-corrected chi connectivity index (χ2v) is 7.61. The van der Waals surface area contributed by atoms with Crippen molar-refractivity contribution in [2.75, 3.05) is 0 Å². The minimum absolute atomic E-state index is 0.896. The van der Waals surface area contributed by atoms with Gasteiger partial charge in [0.1, 0.15) is 0 Å². The Labute approximate surface area is 130 Å². The molecule has 1 unspecified atom stereocenters. The second-order valence-electron chi connectivity index (χ2n) is 4.86. The van der Waals surface area contributed by atoms with Gasteiger partial charge >= 0.3 is 0 Å². The summed E-state index contributed by atoms with van der Waals surface area (Å²) < 4.78 is 13.7. The van der Waals surface area contributed by atoms with E-state index in [1.165, 1.54) is 4.90 Å². The minimum Gasteiger partial charge on any atom is -0.248 e. The lowest BCUT2D eigenvalue weighted by atomic mass is 10.1. The Morgan fingerprint density at radius 2 is 1.62 bits per heavy atom.